The number of rotatable bonds is 6. The molecule has 1 fully saturated rings. The van der Waals surface area contributed by atoms with Gasteiger partial charge in [0, 0.05) is 11.6 Å². The molecule has 9 heteroatoms. The lowest BCUT2D eigenvalue weighted by molar-refractivity contribution is -0.123. The Bertz CT molecular complexity index is 706. The van der Waals surface area contributed by atoms with Crippen molar-refractivity contribution in [2.75, 3.05) is 39.2 Å². The van der Waals surface area contributed by atoms with Gasteiger partial charge in [-0.1, -0.05) is 0 Å². The minimum atomic E-state index is -0.634. The standard InChI is InChI=1S/C18H23N3O6/c1-26-17(24)12-7-13(18(25)27-2)9-14(8-12)20-15(22)10-21-5-3-11(4-6-21)16(19)23/h7-9,11H,3-6,10H2,1-2H3,(H2,19,23)(H,20,22). The van der Waals surface area contributed by atoms with E-state index in [0.29, 0.717) is 25.9 Å². The SMILES string of the molecule is COC(=O)c1cc(NC(=O)CN2CCC(C(N)=O)CC2)cc(C(=O)OC)c1. The molecule has 1 saturated heterocycles. The molecule has 0 saturated carbocycles. The van der Waals surface area contributed by atoms with Gasteiger partial charge in [0.2, 0.25) is 11.8 Å². The highest BCUT2D eigenvalue weighted by molar-refractivity contribution is 5.99. The van der Waals surface area contributed by atoms with Crippen LogP contribution in [0, 0.1) is 5.92 Å². The third-order valence-electron chi connectivity index (χ3n) is 4.42. The number of primary amides is 1. The molecule has 1 aliphatic heterocycles. The Balaban J connectivity index is 2.05. The Morgan fingerprint density at radius 1 is 1.04 bits per heavy atom. The van der Waals surface area contributed by atoms with E-state index in [0.717, 1.165) is 0 Å². The first-order valence-corrected chi connectivity index (χ1v) is 8.47. The maximum absolute atomic E-state index is 12.3. The normalized spacial score (nSPS) is 15.0. The number of nitrogens with two attached hydrogens (primary N) is 1. The van der Waals surface area contributed by atoms with Crippen molar-refractivity contribution in [3.8, 4) is 0 Å². The lowest BCUT2D eigenvalue weighted by Crippen LogP contribution is -2.42. The van der Waals surface area contributed by atoms with E-state index in [-0.39, 0.29) is 41.1 Å². The lowest BCUT2D eigenvalue weighted by Gasteiger charge is -2.29. The molecule has 27 heavy (non-hydrogen) atoms. The highest BCUT2D eigenvalue weighted by atomic mass is 16.5. The van der Waals surface area contributed by atoms with Crippen LogP contribution in [0.4, 0.5) is 5.69 Å². The number of hydrogen-bond acceptors (Lipinski definition) is 7. The van der Waals surface area contributed by atoms with E-state index in [1.807, 2.05) is 4.90 Å². The number of likely N-dealkylation sites (tertiary alicyclic amines) is 1. The van der Waals surface area contributed by atoms with Crippen molar-refractivity contribution in [1.82, 2.24) is 4.90 Å². The number of ether oxygens (including phenoxy) is 2. The van der Waals surface area contributed by atoms with Gasteiger partial charge in [0.25, 0.3) is 0 Å². The molecule has 0 aliphatic carbocycles. The Morgan fingerprint density at radius 2 is 1.56 bits per heavy atom. The number of piperidine rings is 1. The molecule has 2 rings (SSSR count). The molecule has 0 spiro atoms. The third kappa shape index (κ3) is 5.52. The van der Waals surface area contributed by atoms with Crippen LogP contribution >= 0.6 is 0 Å². The van der Waals surface area contributed by atoms with Crippen LogP contribution in [0.15, 0.2) is 18.2 Å². The number of nitrogens with zero attached hydrogens (tertiary/aromatic N) is 1. The van der Waals surface area contributed by atoms with Crippen LogP contribution in [0.2, 0.25) is 0 Å². The van der Waals surface area contributed by atoms with Gasteiger partial charge < -0.3 is 20.5 Å². The van der Waals surface area contributed by atoms with Crippen molar-refractivity contribution >= 4 is 29.4 Å². The number of nitrogens with one attached hydrogen (secondary N) is 1. The van der Waals surface area contributed by atoms with E-state index < -0.39 is 11.9 Å². The number of amides is 2. The molecule has 1 aromatic carbocycles. The van der Waals surface area contributed by atoms with Gasteiger partial charge >= 0.3 is 11.9 Å². The zero-order valence-electron chi connectivity index (χ0n) is 15.3. The van der Waals surface area contributed by atoms with Crippen molar-refractivity contribution in [2.24, 2.45) is 11.7 Å². The molecule has 2 amide bonds. The van der Waals surface area contributed by atoms with E-state index in [2.05, 4.69) is 14.8 Å². The molecule has 0 aromatic heterocycles. The molecule has 1 heterocycles. The fraction of sp³-hybridized carbons (Fsp3) is 0.444. The van der Waals surface area contributed by atoms with E-state index >= 15 is 0 Å². The van der Waals surface area contributed by atoms with Gasteiger partial charge in [-0.25, -0.2) is 9.59 Å². The van der Waals surface area contributed by atoms with Crippen molar-refractivity contribution in [3.05, 3.63) is 29.3 Å². The predicted octanol–water partition coefficient (Wildman–Crippen LogP) is 0.396. The zero-order chi connectivity index (χ0) is 20.0. The van der Waals surface area contributed by atoms with E-state index in [9.17, 15) is 19.2 Å². The maximum Gasteiger partial charge on any atom is 0.337 e. The molecule has 146 valence electrons. The van der Waals surface area contributed by atoms with Crippen molar-refractivity contribution in [1.29, 1.82) is 0 Å². The van der Waals surface area contributed by atoms with Gasteiger partial charge in [-0.05, 0) is 44.1 Å². The van der Waals surface area contributed by atoms with Crippen molar-refractivity contribution in [2.45, 2.75) is 12.8 Å². The van der Waals surface area contributed by atoms with Crippen LogP contribution in [-0.2, 0) is 19.1 Å². The van der Waals surface area contributed by atoms with Crippen LogP contribution in [0.3, 0.4) is 0 Å². The number of esters is 2. The van der Waals surface area contributed by atoms with Crippen LogP contribution in [0.25, 0.3) is 0 Å². The summed E-state index contributed by atoms with van der Waals surface area (Å²) in [4.78, 5) is 49.0. The molecule has 0 unspecified atom stereocenters. The smallest absolute Gasteiger partial charge is 0.337 e. The number of anilines is 1. The minimum absolute atomic E-state index is 0.123. The molecule has 1 aliphatic rings. The van der Waals surface area contributed by atoms with Crippen LogP contribution in [-0.4, -0.2) is 62.5 Å². The zero-order valence-corrected chi connectivity index (χ0v) is 15.3. The quantitative estimate of drug-likeness (QED) is 0.687. The van der Waals surface area contributed by atoms with E-state index in [1.165, 1.54) is 32.4 Å². The van der Waals surface area contributed by atoms with Gasteiger partial charge in [0.1, 0.15) is 0 Å². The second kappa shape index (κ2) is 9.13. The van der Waals surface area contributed by atoms with Crippen molar-refractivity contribution < 1.29 is 28.7 Å². The highest BCUT2D eigenvalue weighted by Crippen LogP contribution is 2.19. The Morgan fingerprint density at radius 3 is 2.00 bits per heavy atom. The number of methoxy groups -OCH3 is 2. The molecular weight excluding hydrogens is 354 g/mol. The monoisotopic (exact) mass is 377 g/mol. The number of carbonyl (C=O) groups is 4. The summed E-state index contributed by atoms with van der Waals surface area (Å²) in [6.07, 6.45) is 1.24. The van der Waals surface area contributed by atoms with Gasteiger partial charge in [-0.3, -0.25) is 14.5 Å². The van der Waals surface area contributed by atoms with Gasteiger partial charge in [-0.2, -0.15) is 0 Å². The maximum atomic E-state index is 12.3. The second-order valence-electron chi connectivity index (χ2n) is 6.28. The predicted molar refractivity (Wildman–Crippen MR) is 96.1 cm³/mol. The van der Waals surface area contributed by atoms with Crippen LogP contribution in [0.5, 0.6) is 0 Å². The fourth-order valence-electron chi connectivity index (χ4n) is 2.95. The first kappa shape index (κ1) is 20.4. The first-order valence-electron chi connectivity index (χ1n) is 8.47. The summed E-state index contributed by atoms with van der Waals surface area (Å²) < 4.78 is 9.33. The summed E-state index contributed by atoms with van der Waals surface area (Å²) in [5.74, 6) is -2.03. The Hall–Kier alpha value is -2.94. The van der Waals surface area contributed by atoms with Crippen LogP contribution < -0.4 is 11.1 Å². The summed E-state index contributed by atoms with van der Waals surface area (Å²) in [5, 5.41) is 2.67. The first-order chi connectivity index (χ1) is 12.8. The summed E-state index contributed by atoms with van der Waals surface area (Å²) in [6.45, 7) is 1.31. The molecule has 0 bridgehead atoms. The van der Waals surface area contributed by atoms with Crippen LogP contribution in [0.1, 0.15) is 33.6 Å². The summed E-state index contributed by atoms with van der Waals surface area (Å²) in [7, 11) is 2.45. The molecule has 3 N–H and O–H groups in total. The largest absolute Gasteiger partial charge is 0.465 e. The minimum Gasteiger partial charge on any atom is -0.465 e. The Labute approximate surface area is 156 Å². The van der Waals surface area contributed by atoms with Crippen molar-refractivity contribution in [3.63, 3.8) is 0 Å². The molecule has 9 nitrogen and oxygen atoms in total. The molecule has 0 atom stereocenters. The molecule has 1 aromatic rings. The summed E-state index contributed by atoms with van der Waals surface area (Å²) in [6, 6.07) is 4.19. The average molecular weight is 377 g/mol. The topological polar surface area (TPSA) is 128 Å². The number of benzene rings is 1. The van der Waals surface area contributed by atoms with Gasteiger partial charge in [0.05, 0.1) is 31.9 Å². The molecule has 0 radical (unpaired) electrons. The van der Waals surface area contributed by atoms with Gasteiger partial charge in [-0.15, -0.1) is 0 Å². The average Bonchev–Trinajstić information content (AvgIpc) is 2.66. The number of carbonyl (C=O) groups excluding carboxylic acids is 4. The van der Waals surface area contributed by atoms with E-state index in [4.69, 9.17) is 5.73 Å². The van der Waals surface area contributed by atoms with E-state index in [1.54, 1.807) is 0 Å². The summed E-state index contributed by atoms with van der Waals surface area (Å²) >= 11 is 0. The Kier molecular flexibility index (Phi) is 6.89. The van der Waals surface area contributed by atoms with Gasteiger partial charge in [0.15, 0.2) is 0 Å². The molecular formula is C18H23N3O6. The second-order valence-corrected chi connectivity index (χ2v) is 6.28. The fourth-order valence-corrected chi connectivity index (χ4v) is 2.95. The summed E-state index contributed by atoms with van der Waals surface area (Å²) in [5.41, 5.74) is 5.84. The third-order valence-corrected chi connectivity index (χ3v) is 4.42. The lowest BCUT2D eigenvalue weighted by atomic mass is 9.96. The highest BCUT2D eigenvalue weighted by Gasteiger charge is 2.24. The number of hydrogen-bond donors (Lipinski definition) is 2.